The van der Waals surface area contributed by atoms with Crippen LogP contribution in [0.2, 0.25) is 0 Å². The molecular formula is C19H14F3N11O2. The van der Waals surface area contributed by atoms with Gasteiger partial charge in [-0.3, -0.25) is 4.68 Å². The highest BCUT2D eigenvalue weighted by molar-refractivity contribution is 5.58. The Morgan fingerprint density at radius 1 is 1.09 bits per heavy atom. The van der Waals surface area contributed by atoms with Crippen molar-refractivity contribution >= 4 is 0 Å². The highest BCUT2D eigenvalue weighted by Crippen LogP contribution is 2.30. The Kier molecular flexibility index (Phi) is 5.60. The topological polar surface area (TPSA) is 148 Å². The maximum atomic E-state index is 12.7. The predicted octanol–water partition coefficient (Wildman–Crippen LogP) is 1.95. The smallest absolute Gasteiger partial charge is 0.417 e. The molecule has 0 fully saturated rings. The Morgan fingerprint density at radius 2 is 1.97 bits per heavy atom. The monoisotopic (exact) mass is 485 g/mol. The SMILES string of the molecule is Cn1ncc(-c2nc(-c3ccnc(Cn4cnnn4)n3)no2)c1COc1ccc(C(F)(F)F)cn1. The summed E-state index contributed by atoms with van der Waals surface area (Å²) in [6.45, 7) is 0.207. The van der Waals surface area contributed by atoms with Crippen molar-refractivity contribution in [2.24, 2.45) is 7.05 Å². The quantitative estimate of drug-likeness (QED) is 0.333. The van der Waals surface area contributed by atoms with Crippen LogP contribution in [0.15, 0.2) is 47.6 Å². The summed E-state index contributed by atoms with van der Waals surface area (Å²) in [5, 5.41) is 19.1. The number of alkyl halides is 3. The molecule has 35 heavy (non-hydrogen) atoms. The number of nitrogens with zero attached hydrogens (tertiary/aromatic N) is 11. The van der Waals surface area contributed by atoms with E-state index >= 15 is 0 Å². The van der Waals surface area contributed by atoms with Crippen LogP contribution in [0, 0.1) is 0 Å². The van der Waals surface area contributed by atoms with E-state index in [1.165, 1.54) is 21.9 Å². The lowest BCUT2D eigenvalue weighted by Crippen LogP contribution is -2.07. The fourth-order valence-corrected chi connectivity index (χ4v) is 3.02. The number of ether oxygens (including phenoxy) is 1. The molecule has 0 aliphatic heterocycles. The van der Waals surface area contributed by atoms with Crippen LogP contribution in [0.3, 0.4) is 0 Å². The normalized spacial score (nSPS) is 11.7. The van der Waals surface area contributed by atoms with Crippen molar-refractivity contribution in [2.75, 3.05) is 0 Å². The highest BCUT2D eigenvalue weighted by atomic mass is 19.4. The van der Waals surface area contributed by atoms with Crippen molar-refractivity contribution in [1.29, 1.82) is 0 Å². The van der Waals surface area contributed by atoms with Gasteiger partial charge in [-0.1, -0.05) is 5.16 Å². The summed E-state index contributed by atoms with van der Waals surface area (Å²) in [7, 11) is 1.68. The second kappa shape index (κ2) is 8.88. The van der Waals surface area contributed by atoms with Gasteiger partial charge in [-0.2, -0.15) is 23.3 Å². The standard InChI is InChI=1S/C19H14F3N11O2/c1-32-14(9-34-16-3-2-11(6-24-16)19(20,21)22)12(7-26-32)18-28-17(29-35-18)13-4-5-23-15(27-13)8-33-10-25-30-31-33/h2-7,10H,8-9H2,1H3. The van der Waals surface area contributed by atoms with Gasteiger partial charge in [0.1, 0.15) is 25.2 Å². The summed E-state index contributed by atoms with van der Waals surface area (Å²) >= 11 is 0. The minimum atomic E-state index is -4.48. The lowest BCUT2D eigenvalue weighted by atomic mass is 10.2. The predicted molar refractivity (Wildman–Crippen MR) is 108 cm³/mol. The molecule has 0 aliphatic rings. The van der Waals surface area contributed by atoms with Crippen molar-refractivity contribution in [1.82, 2.24) is 55.1 Å². The Balaban J connectivity index is 1.33. The van der Waals surface area contributed by atoms with Crippen molar-refractivity contribution < 1.29 is 22.4 Å². The van der Waals surface area contributed by atoms with E-state index in [1.54, 1.807) is 19.3 Å². The molecule has 0 unspecified atom stereocenters. The molecule has 0 aliphatic carbocycles. The second-order valence-corrected chi connectivity index (χ2v) is 7.09. The Bertz CT molecular complexity index is 1430. The van der Waals surface area contributed by atoms with Gasteiger partial charge in [-0.05, 0) is 22.6 Å². The fourth-order valence-electron chi connectivity index (χ4n) is 3.02. The molecule has 5 rings (SSSR count). The van der Waals surface area contributed by atoms with Crippen LogP contribution in [-0.2, 0) is 26.4 Å². The fraction of sp³-hybridized carbons (Fsp3) is 0.211. The number of hydrogen-bond acceptors (Lipinski definition) is 11. The van der Waals surface area contributed by atoms with E-state index in [-0.39, 0.29) is 30.7 Å². The molecule has 0 radical (unpaired) electrons. The molecule has 0 N–H and O–H groups in total. The molecule has 0 bridgehead atoms. The van der Waals surface area contributed by atoms with Gasteiger partial charge in [0.2, 0.25) is 11.7 Å². The van der Waals surface area contributed by atoms with Gasteiger partial charge in [-0.15, -0.1) is 5.10 Å². The van der Waals surface area contributed by atoms with Gasteiger partial charge in [0.25, 0.3) is 5.89 Å². The third-order valence-electron chi connectivity index (χ3n) is 4.77. The van der Waals surface area contributed by atoms with E-state index in [9.17, 15) is 13.2 Å². The number of hydrogen-bond donors (Lipinski definition) is 0. The molecular weight excluding hydrogens is 471 g/mol. The van der Waals surface area contributed by atoms with Gasteiger partial charge >= 0.3 is 6.18 Å². The van der Waals surface area contributed by atoms with Crippen molar-refractivity contribution in [3.8, 4) is 28.9 Å². The zero-order valence-electron chi connectivity index (χ0n) is 17.8. The van der Waals surface area contributed by atoms with Crippen LogP contribution < -0.4 is 4.74 Å². The maximum Gasteiger partial charge on any atom is 0.417 e. The first kappa shape index (κ1) is 22.1. The van der Waals surface area contributed by atoms with Crippen LogP contribution in [0.1, 0.15) is 17.1 Å². The van der Waals surface area contributed by atoms with Gasteiger partial charge in [0.15, 0.2) is 5.82 Å². The first-order chi connectivity index (χ1) is 16.9. The van der Waals surface area contributed by atoms with Crippen LogP contribution in [0.4, 0.5) is 13.2 Å². The number of aromatic nitrogens is 11. The maximum absolute atomic E-state index is 12.7. The third kappa shape index (κ3) is 4.80. The average Bonchev–Trinajstić information content (AvgIpc) is 3.59. The minimum absolute atomic E-state index is 0.0208. The van der Waals surface area contributed by atoms with Gasteiger partial charge < -0.3 is 9.26 Å². The van der Waals surface area contributed by atoms with E-state index in [1.807, 2.05) is 0 Å². The molecule has 16 heteroatoms. The molecule has 0 aromatic carbocycles. The van der Waals surface area contributed by atoms with E-state index in [0.29, 0.717) is 29.0 Å². The molecule has 5 aromatic heterocycles. The largest absolute Gasteiger partial charge is 0.471 e. The summed E-state index contributed by atoms with van der Waals surface area (Å²) in [5.41, 5.74) is 0.592. The molecule has 0 saturated heterocycles. The molecule has 0 atom stereocenters. The zero-order valence-corrected chi connectivity index (χ0v) is 17.8. The Hall–Kier alpha value is -4.76. The zero-order chi connectivity index (χ0) is 24.4. The number of pyridine rings is 1. The third-order valence-corrected chi connectivity index (χ3v) is 4.77. The molecule has 0 spiro atoms. The first-order valence-corrected chi connectivity index (χ1v) is 9.91. The van der Waals surface area contributed by atoms with Gasteiger partial charge in [-0.25, -0.2) is 19.6 Å². The lowest BCUT2D eigenvalue weighted by molar-refractivity contribution is -0.137. The van der Waals surface area contributed by atoms with E-state index in [4.69, 9.17) is 9.26 Å². The first-order valence-electron chi connectivity index (χ1n) is 9.91. The molecule has 178 valence electrons. The Morgan fingerprint density at radius 3 is 2.71 bits per heavy atom. The summed E-state index contributed by atoms with van der Waals surface area (Å²) in [4.78, 5) is 16.7. The van der Waals surface area contributed by atoms with E-state index in [2.05, 4.69) is 45.7 Å². The number of halogens is 3. The molecule has 0 amide bonds. The van der Waals surface area contributed by atoms with Crippen molar-refractivity contribution in [3.05, 3.63) is 60.2 Å². The van der Waals surface area contributed by atoms with E-state index in [0.717, 1.165) is 12.1 Å². The summed E-state index contributed by atoms with van der Waals surface area (Å²) in [5.74, 6) is 0.848. The number of aryl methyl sites for hydroxylation is 1. The van der Waals surface area contributed by atoms with Gasteiger partial charge in [0.05, 0.1) is 23.0 Å². The van der Waals surface area contributed by atoms with Gasteiger partial charge in [0, 0.05) is 25.5 Å². The molecule has 5 aromatic rings. The lowest BCUT2D eigenvalue weighted by Gasteiger charge is -2.09. The van der Waals surface area contributed by atoms with Crippen LogP contribution >= 0.6 is 0 Å². The highest BCUT2D eigenvalue weighted by Gasteiger charge is 2.30. The summed E-state index contributed by atoms with van der Waals surface area (Å²) in [6.07, 6.45) is 0.736. The van der Waals surface area contributed by atoms with Crippen molar-refractivity contribution in [3.63, 3.8) is 0 Å². The Labute approximate surface area is 193 Å². The second-order valence-electron chi connectivity index (χ2n) is 7.09. The molecule has 5 heterocycles. The van der Waals surface area contributed by atoms with Crippen LogP contribution in [0.5, 0.6) is 5.88 Å². The van der Waals surface area contributed by atoms with Crippen LogP contribution in [-0.4, -0.2) is 55.1 Å². The number of tetrazole rings is 1. The average molecular weight is 485 g/mol. The molecule has 0 saturated carbocycles. The van der Waals surface area contributed by atoms with E-state index < -0.39 is 11.7 Å². The summed E-state index contributed by atoms with van der Waals surface area (Å²) < 4.78 is 52.1. The van der Waals surface area contributed by atoms with Crippen molar-refractivity contribution in [2.45, 2.75) is 19.3 Å². The summed E-state index contributed by atoms with van der Waals surface area (Å²) in [6, 6.07) is 3.67. The number of rotatable bonds is 7. The van der Waals surface area contributed by atoms with Crippen LogP contribution in [0.25, 0.3) is 23.0 Å². The molecule has 13 nitrogen and oxygen atoms in total. The minimum Gasteiger partial charge on any atom is -0.471 e.